The molecule has 0 bridgehead atoms. The van der Waals surface area contributed by atoms with Crippen LogP contribution in [-0.4, -0.2) is 5.91 Å². The third-order valence-electron chi connectivity index (χ3n) is 3.08. The number of furan rings is 1. The van der Waals surface area contributed by atoms with Crippen LogP contribution in [0.3, 0.4) is 0 Å². The summed E-state index contributed by atoms with van der Waals surface area (Å²) in [5.41, 5.74) is 1.35. The molecule has 0 aliphatic rings. The number of carbonyl (C=O) groups excluding carboxylic acids is 1. The fourth-order valence-electron chi connectivity index (χ4n) is 2.08. The van der Waals surface area contributed by atoms with Gasteiger partial charge in [-0.05, 0) is 61.0 Å². The Labute approximate surface area is 125 Å². The lowest BCUT2D eigenvalue weighted by molar-refractivity contribution is 0.0939. The van der Waals surface area contributed by atoms with Gasteiger partial charge in [0.15, 0.2) is 0 Å². The van der Waals surface area contributed by atoms with E-state index < -0.39 is 5.82 Å². The van der Waals surface area contributed by atoms with Crippen LogP contribution in [0.5, 0.6) is 0 Å². The van der Waals surface area contributed by atoms with Crippen molar-refractivity contribution in [3.8, 4) is 0 Å². The Morgan fingerprint density at radius 1 is 1.35 bits per heavy atom. The van der Waals surface area contributed by atoms with Gasteiger partial charge in [0, 0.05) is 11.1 Å². The third-order valence-corrected chi connectivity index (χ3v) is 3.68. The van der Waals surface area contributed by atoms with Crippen molar-refractivity contribution < 1.29 is 13.6 Å². The fraction of sp³-hybridized carbons (Fsp3) is 0.267. The zero-order valence-corrected chi connectivity index (χ0v) is 13.0. The third kappa shape index (κ3) is 3.10. The van der Waals surface area contributed by atoms with Crippen molar-refractivity contribution in [1.82, 2.24) is 5.32 Å². The summed E-state index contributed by atoms with van der Waals surface area (Å²) in [6.07, 6.45) is 0. The quantitative estimate of drug-likeness (QED) is 0.906. The number of rotatable bonds is 3. The second-order valence-corrected chi connectivity index (χ2v) is 5.55. The van der Waals surface area contributed by atoms with Crippen LogP contribution >= 0.6 is 15.9 Å². The Hall–Kier alpha value is -1.62. The molecule has 1 atom stereocenters. The van der Waals surface area contributed by atoms with Crippen LogP contribution in [0, 0.1) is 19.7 Å². The zero-order valence-electron chi connectivity index (χ0n) is 11.5. The number of benzene rings is 1. The predicted molar refractivity (Wildman–Crippen MR) is 78.2 cm³/mol. The normalized spacial score (nSPS) is 12.2. The van der Waals surface area contributed by atoms with Crippen LogP contribution in [0.25, 0.3) is 0 Å². The number of aryl methyl sites for hydroxylation is 2. The van der Waals surface area contributed by atoms with Crippen molar-refractivity contribution in [1.29, 1.82) is 0 Å². The summed E-state index contributed by atoms with van der Waals surface area (Å²) in [5, 5.41) is 2.87. The van der Waals surface area contributed by atoms with E-state index in [1.54, 1.807) is 0 Å². The van der Waals surface area contributed by atoms with Crippen LogP contribution in [0.1, 0.15) is 40.4 Å². The molecule has 1 heterocycles. The average Bonchev–Trinajstić information content (AvgIpc) is 2.71. The first-order valence-corrected chi connectivity index (χ1v) is 7.00. The van der Waals surface area contributed by atoms with Gasteiger partial charge in [0.05, 0.1) is 10.5 Å². The van der Waals surface area contributed by atoms with Crippen LogP contribution in [0.2, 0.25) is 0 Å². The fourth-order valence-corrected chi connectivity index (χ4v) is 2.45. The van der Waals surface area contributed by atoms with Gasteiger partial charge in [-0.2, -0.15) is 0 Å². The van der Waals surface area contributed by atoms with Gasteiger partial charge >= 0.3 is 0 Å². The van der Waals surface area contributed by atoms with Gasteiger partial charge in [0.2, 0.25) is 0 Å². The lowest BCUT2D eigenvalue weighted by atomic mass is 10.1. The minimum atomic E-state index is -0.393. The number of halogens is 2. The van der Waals surface area contributed by atoms with Crippen molar-refractivity contribution in [2.75, 3.05) is 0 Å². The maximum atomic E-state index is 13.2. The molecule has 1 aromatic carbocycles. The molecule has 0 saturated carbocycles. The summed E-state index contributed by atoms with van der Waals surface area (Å²) in [6.45, 7) is 5.61. The van der Waals surface area contributed by atoms with Gasteiger partial charge in [-0.3, -0.25) is 4.79 Å². The topological polar surface area (TPSA) is 42.2 Å². The molecule has 2 aromatic rings. The highest BCUT2D eigenvalue weighted by Crippen LogP contribution is 2.22. The summed E-state index contributed by atoms with van der Waals surface area (Å²) in [5.74, 6) is 0.950. The molecular weight excluding hydrogens is 325 g/mol. The Kier molecular flexibility index (Phi) is 4.28. The molecule has 2 rings (SSSR count). The van der Waals surface area contributed by atoms with Crippen LogP contribution < -0.4 is 5.32 Å². The maximum absolute atomic E-state index is 13.2. The second-order valence-electron chi connectivity index (χ2n) is 4.69. The predicted octanol–water partition coefficient (Wildman–Crippen LogP) is 4.29. The van der Waals surface area contributed by atoms with E-state index in [0.29, 0.717) is 5.56 Å². The van der Waals surface area contributed by atoms with Crippen molar-refractivity contribution in [2.45, 2.75) is 26.8 Å². The first-order valence-electron chi connectivity index (χ1n) is 6.21. The van der Waals surface area contributed by atoms with Gasteiger partial charge in [-0.15, -0.1) is 0 Å². The maximum Gasteiger partial charge on any atom is 0.251 e. The highest BCUT2D eigenvalue weighted by Gasteiger charge is 2.16. The van der Waals surface area contributed by atoms with E-state index >= 15 is 0 Å². The minimum Gasteiger partial charge on any atom is -0.466 e. The number of hydrogen-bond donors (Lipinski definition) is 1. The van der Waals surface area contributed by atoms with Crippen molar-refractivity contribution in [3.63, 3.8) is 0 Å². The molecule has 0 aliphatic carbocycles. The highest BCUT2D eigenvalue weighted by molar-refractivity contribution is 9.10. The van der Waals surface area contributed by atoms with Gasteiger partial charge in [-0.1, -0.05) is 0 Å². The van der Waals surface area contributed by atoms with E-state index in [-0.39, 0.29) is 16.4 Å². The largest absolute Gasteiger partial charge is 0.466 e. The molecule has 20 heavy (non-hydrogen) atoms. The molecular formula is C15H15BrFNO2. The molecule has 1 unspecified atom stereocenters. The molecule has 3 nitrogen and oxygen atoms in total. The molecule has 1 amide bonds. The Morgan fingerprint density at radius 3 is 2.60 bits per heavy atom. The number of carbonyl (C=O) groups is 1. The standard InChI is InChI=1S/C15H15BrFNO2/c1-8-6-12(10(3)20-8)9(2)18-15(19)11-4-5-14(17)13(16)7-11/h4-7,9H,1-3H3,(H,18,19). The Morgan fingerprint density at radius 2 is 2.05 bits per heavy atom. The SMILES string of the molecule is Cc1cc(C(C)NC(=O)c2ccc(F)c(Br)c2)c(C)o1. The molecule has 1 N–H and O–H groups in total. The van der Waals surface area contributed by atoms with E-state index in [0.717, 1.165) is 17.1 Å². The lowest BCUT2D eigenvalue weighted by Crippen LogP contribution is -2.26. The van der Waals surface area contributed by atoms with Gasteiger partial charge in [-0.25, -0.2) is 4.39 Å². The smallest absolute Gasteiger partial charge is 0.251 e. The van der Waals surface area contributed by atoms with E-state index in [4.69, 9.17) is 4.42 Å². The molecule has 0 saturated heterocycles. The molecule has 0 radical (unpaired) electrons. The first kappa shape index (κ1) is 14.8. The number of hydrogen-bond acceptors (Lipinski definition) is 2. The monoisotopic (exact) mass is 339 g/mol. The summed E-state index contributed by atoms with van der Waals surface area (Å²) in [7, 11) is 0. The molecule has 5 heteroatoms. The van der Waals surface area contributed by atoms with E-state index in [2.05, 4.69) is 21.2 Å². The van der Waals surface area contributed by atoms with Gasteiger partial charge in [0.25, 0.3) is 5.91 Å². The van der Waals surface area contributed by atoms with Gasteiger partial charge < -0.3 is 9.73 Å². The van der Waals surface area contributed by atoms with E-state index in [9.17, 15) is 9.18 Å². The molecule has 0 aliphatic heterocycles. The average molecular weight is 340 g/mol. The van der Waals surface area contributed by atoms with Crippen molar-refractivity contribution >= 4 is 21.8 Å². The highest BCUT2D eigenvalue weighted by atomic mass is 79.9. The van der Waals surface area contributed by atoms with E-state index in [1.165, 1.54) is 18.2 Å². The van der Waals surface area contributed by atoms with Crippen molar-refractivity contribution in [2.24, 2.45) is 0 Å². The molecule has 0 spiro atoms. The minimum absolute atomic E-state index is 0.177. The Bertz CT molecular complexity index is 651. The summed E-state index contributed by atoms with van der Waals surface area (Å²) >= 11 is 3.07. The van der Waals surface area contributed by atoms with Crippen molar-refractivity contribution in [3.05, 3.63) is 57.2 Å². The van der Waals surface area contributed by atoms with Crippen LogP contribution in [-0.2, 0) is 0 Å². The first-order chi connectivity index (χ1) is 9.38. The number of amides is 1. The lowest BCUT2D eigenvalue weighted by Gasteiger charge is -2.13. The Balaban J connectivity index is 2.15. The van der Waals surface area contributed by atoms with Crippen LogP contribution in [0.15, 0.2) is 33.2 Å². The summed E-state index contributed by atoms with van der Waals surface area (Å²) in [6, 6.07) is 5.90. The second kappa shape index (κ2) is 5.79. The summed E-state index contributed by atoms with van der Waals surface area (Å²) < 4.78 is 18.9. The molecule has 106 valence electrons. The van der Waals surface area contributed by atoms with Gasteiger partial charge in [0.1, 0.15) is 17.3 Å². The molecule has 0 fully saturated rings. The zero-order chi connectivity index (χ0) is 14.9. The van der Waals surface area contributed by atoms with E-state index in [1.807, 2.05) is 26.8 Å². The van der Waals surface area contributed by atoms with Crippen LogP contribution in [0.4, 0.5) is 4.39 Å². The molecule has 1 aromatic heterocycles. The number of nitrogens with one attached hydrogen (secondary N) is 1. The summed E-state index contributed by atoms with van der Waals surface area (Å²) in [4.78, 5) is 12.1.